The SMILES string of the molecule is COc1ccc(-c2ccc(C(=O)O)c(=O)n2CCC(C)C)cc1. The van der Waals surface area contributed by atoms with Crippen LogP contribution >= 0.6 is 0 Å². The largest absolute Gasteiger partial charge is 0.497 e. The highest BCUT2D eigenvalue weighted by atomic mass is 16.5. The van der Waals surface area contributed by atoms with E-state index >= 15 is 0 Å². The van der Waals surface area contributed by atoms with Crippen molar-refractivity contribution < 1.29 is 14.6 Å². The third kappa shape index (κ3) is 3.80. The van der Waals surface area contributed by atoms with Crippen LogP contribution in [0.5, 0.6) is 5.75 Å². The molecule has 0 saturated heterocycles. The molecule has 0 aliphatic rings. The highest BCUT2D eigenvalue weighted by molar-refractivity contribution is 5.87. The lowest BCUT2D eigenvalue weighted by molar-refractivity contribution is 0.0694. The van der Waals surface area contributed by atoms with Gasteiger partial charge in [0.1, 0.15) is 11.3 Å². The number of ether oxygens (including phenoxy) is 1. The van der Waals surface area contributed by atoms with Crippen LogP contribution in [0.1, 0.15) is 30.6 Å². The van der Waals surface area contributed by atoms with Gasteiger partial charge in [-0.2, -0.15) is 0 Å². The zero-order valence-electron chi connectivity index (χ0n) is 13.6. The van der Waals surface area contributed by atoms with Gasteiger partial charge in [0.2, 0.25) is 0 Å². The Balaban J connectivity index is 2.54. The first-order chi connectivity index (χ1) is 10.9. The number of hydrogen-bond acceptors (Lipinski definition) is 3. The Morgan fingerprint density at radius 2 is 1.83 bits per heavy atom. The van der Waals surface area contributed by atoms with Crippen molar-refractivity contribution in [2.75, 3.05) is 7.11 Å². The van der Waals surface area contributed by atoms with Crippen molar-refractivity contribution in [3.63, 3.8) is 0 Å². The van der Waals surface area contributed by atoms with Crippen molar-refractivity contribution in [2.45, 2.75) is 26.8 Å². The third-order valence-electron chi connectivity index (χ3n) is 3.72. The quantitative estimate of drug-likeness (QED) is 0.888. The predicted octanol–water partition coefficient (Wildman–Crippen LogP) is 3.27. The minimum absolute atomic E-state index is 0.203. The van der Waals surface area contributed by atoms with Gasteiger partial charge in [0.15, 0.2) is 0 Å². The van der Waals surface area contributed by atoms with Crippen molar-refractivity contribution in [3.05, 3.63) is 52.3 Å². The summed E-state index contributed by atoms with van der Waals surface area (Å²) in [7, 11) is 1.59. The summed E-state index contributed by atoms with van der Waals surface area (Å²) in [6.45, 7) is 4.62. The Kier molecular flexibility index (Phi) is 5.21. The van der Waals surface area contributed by atoms with Gasteiger partial charge < -0.3 is 14.4 Å². The number of pyridine rings is 1. The van der Waals surface area contributed by atoms with Gasteiger partial charge in [-0.15, -0.1) is 0 Å². The first-order valence-electron chi connectivity index (χ1n) is 7.55. The molecule has 1 heterocycles. The maximum absolute atomic E-state index is 12.5. The highest BCUT2D eigenvalue weighted by Crippen LogP contribution is 2.22. The Labute approximate surface area is 135 Å². The van der Waals surface area contributed by atoms with Crippen molar-refractivity contribution in [3.8, 4) is 17.0 Å². The molecule has 1 aromatic heterocycles. The minimum Gasteiger partial charge on any atom is -0.497 e. The average molecular weight is 315 g/mol. The lowest BCUT2D eigenvalue weighted by atomic mass is 10.1. The van der Waals surface area contributed by atoms with E-state index in [9.17, 15) is 9.59 Å². The molecule has 5 nitrogen and oxygen atoms in total. The second kappa shape index (κ2) is 7.13. The van der Waals surface area contributed by atoms with E-state index in [1.165, 1.54) is 6.07 Å². The zero-order chi connectivity index (χ0) is 17.0. The molecule has 0 unspecified atom stereocenters. The molecule has 1 N–H and O–H groups in total. The van der Waals surface area contributed by atoms with E-state index in [2.05, 4.69) is 13.8 Å². The number of methoxy groups -OCH3 is 1. The second-order valence-corrected chi connectivity index (χ2v) is 5.81. The molecule has 23 heavy (non-hydrogen) atoms. The van der Waals surface area contributed by atoms with Crippen LogP contribution in [0.2, 0.25) is 0 Å². The Morgan fingerprint density at radius 1 is 1.17 bits per heavy atom. The smallest absolute Gasteiger partial charge is 0.341 e. The molecule has 0 atom stereocenters. The van der Waals surface area contributed by atoms with E-state index in [1.54, 1.807) is 17.7 Å². The molecule has 0 spiro atoms. The first kappa shape index (κ1) is 16.8. The molecule has 0 radical (unpaired) electrons. The number of hydrogen-bond donors (Lipinski definition) is 1. The minimum atomic E-state index is -1.20. The van der Waals surface area contributed by atoms with E-state index in [0.29, 0.717) is 18.2 Å². The van der Waals surface area contributed by atoms with Crippen LogP contribution in [0.4, 0.5) is 0 Å². The summed E-state index contributed by atoms with van der Waals surface area (Å²) >= 11 is 0. The average Bonchev–Trinajstić information content (AvgIpc) is 2.53. The summed E-state index contributed by atoms with van der Waals surface area (Å²) in [5.74, 6) is -0.0549. The van der Waals surface area contributed by atoms with Gasteiger partial charge in [-0.05, 0) is 54.3 Å². The Bertz CT molecular complexity index is 745. The number of aromatic nitrogens is 1. The summed E-state index contributed by atoms with van der Waals surface area (Å²) < 4.78 is 6.69. The number of aromatic carboxylic acids is 1. The lowest BCUT2D eigenvalue weighted by Gasteiger charge is -2.15. The van der Waals surface area contributed by atoms with Gasteiger partial charge in [-0.25, -0.2) is 4.79 Å². The predicted molar refractivity (Wildman–Crippen MR) is 89.1 cm³/mol. The lowest BCUT2D eigenvalue weighted by Crippen LogP contribution is -2.28. The summed E-state index contributed by atoms with van der Waals surface area (Å²) in [5.41, 5.74) is 0.893. The summed E-state index contributed by atoms with van der Waals surface area (Å²) in [6.07, 6.45) is 0.798. The summed E-state index contributed by atoms with van der Waals surface area (Å²) in [4.78, 5) is 23.7. The van der Waals surface area contributed by atoms with Gasteiger partial charge in [0.25, 0.3) is 5.56 Å². The number of carboxylic acid groups (broad SMARTS) is 1. The highest BCUT2D eigenvalue weighted by Gasteiger charge is 2.15. The molecule has 122 valence electrons. The summed E-state index contributed by atoms with van der Waals surface area (Å²) in [5, 5.41) is 9.17. The monoisotopic (exact) mass is 315 g/mol. The maximum atomic E-state index is 12.5. The standard InChI is InChI=1S/C18H21NO4/c1-12(2)10-11-19-16(9-8-15(17(19)20)18(21)22)13-4-6-14(23-3)7-5-13/h4-9,12H,10-11H2,1-3H3,(H,21,22). The van der Waals surface area contributed by atoms with E-state index in [0.717, 1.165) is 17.7 Å². The normalized spacial score (nSPS) is 10.8. The van der Waals surface area contributed by atoms with E-state index in [-0.39, 0.29) is 5.56 Å². The Morgan fingerprint density at radius 3 is 2.35 bits per heavy atom. The fourth-order valence-electron chi connectivity index (χ4n) is 2.36. The molecule has 0 bridgehead atoms. The first-order valence-corrected chi connectivity index (χ1v) is 7.55. The van der Waals surface area contributed by atoms with Crippen molar-refractivity contribution in [2.24, 2.45) is 5.92 Å². The third-order valence-corrected chi connectivity index (χ3v) is 3.72. The van der Waals surface area contributed by atoms with Crippen LogP contribution < -0.4 is 10.3 Å². The van der Waals surface area contributed by atoms with Crippen LogP contribution in [0, 0.1) is 5.92 Å². The van der Waals surface area contributed by atoms with E-state index in [4.69, 9.17) is 9.84 Å². The molecular weight excluding hydrogens is 294 g/mol. The number of nitrogens with zero attached hydrogens (tertiary/aromatic N) is 1. The van der Waals surface area contributed by atoms with Crippen LogP contribution in [0.25, 0.3) is 11.3 Å². The fourth-order valence-corrected chi connectivity index (χ4v) is 2.36. The number of carbonyl (C=O) groups is 1. The maximum Gasteiger partial charge on any atom is 0.341 e. The van der Waals surface area contributed by atoms with Crippen LogP contribution in [-0.4, -0.2) is 22.8 Å². The van der Waals surface area contributed by atoms with E-state index < -0.39 is 11.5 Å². The molecule has 2 rings (SSSR count). The molecular formula is C18H21NO4. The number of benzene rings is 1. The number of rotatable bonds is 6. The van der Waals surface area contributed by atoms with Gasteiger partial charge in [-0.1, -0.05) is 13.8 Å². The molecule has 2 aromatic rings. The summed E-state index contributed by atoms with van der Waals surface area (Å²) in [6, 6.07) is 10.4. The second-order valence-electron chi connectivity index (χ2n) is 5.81. The van der Waals surface area contributed by atoms with Gasteiger partial charge >= 0.3 is 5.97 Å². The zero-order valence-corrected chi connectivity index (χ0v) is 13.6. The Hall–Kier alpha value is -2.56. The molecule has 1 aromatic carbocycles. The van der Waals surface area contributed by atoms with Gasteiger partial charge in [-0.3, -0.25) is 4.79 Å². The van der Waals surface area contributed by atoms with Crippen LogP contribution in [0.15, 0.2) is 41.2 Å². The topological polar surface area (TPSA) is 68.5 Å². The van der Waals surface area contributed by atoms with Gasteiger partial charge in [0.05, 0.1) is 12.8 Å². The molecule has 0 saturated carbocycles. The van der Waals surface area contributed by atoms with E-state index in [1.807, 2.05) is 24.3 Å². The molecule has 5 heteroatoms. The number of carboxylic acids is 1. The molecule has 0 amide bonds. The molecule has 0 aliphatic heterocycles. The van der Waals surface area contributed by atoms with Gasteiger partial charge in [0, 0.05) is 6.54 Å². The van der Waals surface area contributed by atoms with Crippen LogP contribution in [0.3, 0.4) is 0 Å². The fraction of sp³-hybridized carbons (Fsp3) is 0.333. The molecule has 0 fully saturated rings. The van der Waals surface area contributed by atoms with Crippen molar-refractivity contribution >= 4 is 5.97 Å². The molecule has 0 aliphatic carbocycles. The van der Waals surface area contributed by atoms with Crippen LogP contribution in [-0.2, 0) is 6.54 Å². The van der Waals surface area contributed by atoms with Crippen molar-refractivity contribution in [1.29, 1.82) is 0 Å². The van der Waals surface area contributed by atoms with Crippen molar-refractivity contribution in [1.82, 2.24) is 4.57 Å².